The van der Waals surface area contributed by atoms with Gasteiger partial charge >= 0.3 is 0 Å². The number of aromatic nitrogens is 1. The first-order valence-electron chi connectivity index (χ1n) is 6.41. The molecule has 0 aliphatic heterocycles. The highest BCUT2D eigenvalue weighted by molar-refractivity contribution is 7.11. The van der Waals surface area contributed by atoms with E-state index >= 15 is 0 Å². The van der Waals surface area contributed by atoms with Crippen LogP contribution in [0.4, 0.5) is 0 Å². The normalized spacial score (nSPS) is 10.2. The highest BCUT2D eigenvalue weighted by atomic mass is 32.1. The standard InChI is InChI=1S/C8H10N2OS.C8H7NO/c1-5-4-12-8(10-5)7(3-9)6(2)11;1-10-8-4-2-3-7(5-8)6-9/h3-4H,9H2,1-2H3;2-5H,1H3/b7-3-;. The Hall–Kier alpha value is -2.65. The van der Waals surface area contributed by atoms with Crippen molar-refractivity contribution in [3.05, 3.63) is 52.1 Å². The van der Waals surface area contributed by atoms with E-state index in [0.29, 0.717) is 16.1 Å². The molecule has 2 N–H and O–H groups in total. The van der Waals surface area contributed by atoms with Gasteiger partial charge in [-0.25, -0.2) is 4.98 Å². The van der Waals surface area contributed by atoms with Crippen molar-refractivity contribution in [3.63, 3.8) is 0 Å². The van der Waals surface area contributed by atoms with Crippen molar-refractivity contribution in [2.45, 2.75) is 13.8 Å². The van der Waals surface area contributed by atoms with Gasteiger partial charge in [-0.05, 0) is 32.0 Å². The van der Waals surface area contributed by atoms with Gasteiger partial charge in [0, 0.05) is 17.3 Å². The zero-order valence-corrected chi connectivity index (χ0v) is 13.5. The van der Waals surface area contributed by atoms with Gasteiger partial charge in [-0.1, -0.05) is 6.07 Å². The summed E-state index contributed by atoms with van der Waals surface area (Å²) < 4.78 is 4.91. The van der Waals surface area contributed by atoms with Gasteiger partial charge in [0.25, 0.3) is 0 Å². The molecule has 2 rings (SSSR count). The average Bonchev–Trinajstić information content (AvgIpc) is 2.94. The van der Waals surface area contributed by atoms with E-state index in [0.717, 1.165) is 11.4 Å². The van der Waals surface area contributed by atoms with Gasteiger partial charge in [0.1, 0.15) is 10.8 Å². The summed E-state index contributed by atoms with van der Waals surface area (Å²) in [6, 6.07) is 9.05. The van der Waals surface area contributed by atoms with Gasteiger partial charge in [-0.15, -0.1) is 11.3 Å². The quantitative estimate of drug-likeness (QED) is 0.880. The van der Waals surface area contributed by atoms with E-state index < -0.39 is 0 Å². The van der Waals surface area contributed by atoms with Crippen LogP contribution < -0.4 is 10.5 Å². The lowest BCUT2D eigenvalue weighted by molar-refractivity contribution is -0.111. The maximum atomic E-state index is 11.0. The largest absolute Gasteiger partial charge is 0.497 e. The zero-order chi connectivity index (χ0) is 16.5. The van der Waals surface area contributed by atoms with Gasteiger partial charge < -0.3 is 10.5 Å². The maximum Gasteiger partial charge on any atom is 0.164 e. The summed E-state index contributed by atoms with van der Waals surface area (Å²) in [7, 11) is 1.58. The van der Waals surface area contributed by atoms with Crippen molar-refractivity contribution in [3.8, 4) is 11.8 Å². The van der Waals surface area contributed by atoms with E-state index in [1.54, 1.807) is 31.4 Å². The lowest BCUT2D eigenvalue weighted by Gasteiger charge is -1.96. The van der Waals surface area contributed by atoms with Crippen LogP contribution in [0.15, 0.2) is 35.8 Å². The fourth-order valence-electron chi connectivity index (χ4n) is 1.51. The number of Topliss-reactive ketones (excluding diaryl/α,β-unsaturated/α-hetero) is 1. The molecule has 0 atom stereocenters. The van der Waals surface area contributed by atoms with Crippen LogP contribution in [-0.2, 0) is 4.79 Å². The van der Waals surface area contributed by atoms with E-state index in [4.69, 9.17) is 15.7 Å². The number of carbonyl (C=O) groups excluding carboxylic acids is 1. The molecule has 0 unspecified atom stereocenters. The number of nitriles is 1. The van der Waals surface area contributed by atoms with Crippen LogP contribution in [-0.4, -0.2) is 17.9 Å². The molecule has 0 saturated heterocycles. The SMILES string of the molecule is CC(=O)/C(=C/N)c1nc(C)cs1.COc1cccc(C#N)c1. The molecule has 0 aliphatic carbocycles. The molecule has 2 aromatic rings. The van der Waals surface area contributed by atoms with Crippen LogP contribution in [0, 0.1) is 18.3 Å². The minimum absolute atomic E-state index is 0.0492. The number of hydrogen-bond donors (Lipinski definition) is 1. The predicted molar refractivity (Wildman–Crippen MR) is 87.4 cm³/mol. The number of nitrogens with two attached hydrogens (primary N) is 1. The number of rotatable bonds is 3. The van der Waals surface area contributed by atoms with E-state index in [-0.39, 0.29) is 5.78 Å². The van der Waals surface area contributed by atoms with Crippen molar-refractivity contribution in [2.75, 3.05) is 7.11 Å². The molecular formula is C16H17N3O2S. The summed E-state index contributed by atoms with van der Waals surface area (Å²) in [6.45, 7) is 3.36. The van der Waals surface area contributed by atoms with Crippen molar-refractivity contribution >= 4 is 22.7 Å². The van der Waals surface area contributed by atoms with Crippen molar-refractivity contribution in [2.24, 2.45) is 5.73 Å². The van der Waals surface area contributed by atoms with Crippen LogP contribution in [0.2, 0.25) is 0 Å². The summed E-state index contributed by atoms with van der Waals surface area (Å²) in [5, 5.41) is 11.0. The number of methoxy groups -OCH3 is 1. The zero-order valence-electron chi connectivity index (χ0n) is 12.7. The first-order valence-corrected chi connectivity index (χ1v) is 7.29. The predicted octanol–water partition coefficient (Wildman–Crippen LogP) is 2.91. The Labute approximate surface area is 133 Å². The van der Waals surface area contributed by atoms with Crippen molar-refractivity contribution in [1.82, 2.24) is 4.98 Å². The molecule has 0 radical (unpaired) electrons. The number of hydrogen-bond acceptors (Lipinski definition) is 6. The van der Waals surface area contributed by atoms with E-state index in [1.807, 2.05) is 18.4 Å². The number of benzene rings is 1. The molecule has 6 heteroatoms. The van der Waals surface area contributed by atoms with Gasteiger partial charge in [0.15, 0.2) is 5.78 Å². The van der Waals surface area contributed by atoms with Gasteiger partial charge in [0.05, 0.1) is 24.3 Å². The lowest BCUT2D eigenvalue weighted by Crippen LogP contribution is -1.98. The summed E-state index contributed by atoms with van der Waals surface area (Å²) in [4.78, 5) is 15.2. The Kier molecular flexibility index (Phi) is 6.80. The Balaban J connectivity index is 0.000000224. The van der Waals surface area contributed by atoms with Crippen molar-refractivity contribution in [1.29, 1.82) is 5.26 Å². The Bertz CT molecular complexity index is 714. The molecule has 1 heterocycles. The third kappa shape index (κ3) is 5.04. The molecule has 0 fully saturated rings. The molecule has 0 aliphatic rings. The number of carbonyl (C=O) groups is 1. The smallest absolute Gasteiger partial charge is 0.164 e. The average molecular weight is 315 g/mol. The summed E-state index contributed by atoms with van der Waals surface area (Å²) >= 11 is 1.43. The summed E-state index contributed by atoms with van der Waals surface area (Å²) in [5.41, 5.74) is 7.33. The molecule has 1 aromatic carbocycles. The fourth-order valence-corrected chi connectivity index (χ4v) is 2.38. The molecule has 0 spiro atoms. The summed E-state index contributed by atoms with van der Waals surface area (Å²) in [6.07, 6.45) is 1.31. The fraction of sp³-hybridized carbons (Fsp3) is 0.188. The van der Waals surface area contributed by atoms with Crippen LogP contribution in [0.3, 0.4) is 0 Å². The maximum absolute atomic E-state index is 11.0. The molecule has 0 saturated carbocycles. The van der Waals surface area contributed by atoms with Crippen LogP contribution in [0.25, 0.3) is 5.57 Å². The molecule has 114 valence electrons. The van der Waals surface area contributed by atoms with Crippen molar-refractivity contribution < 1.29 is 9.53 Å². The Morgan fingerprint density at radius 1 is 1.50 bits per heavy atom. The van der Waals surface area contributed by atoms with Crippen LogP contribution in [0.5, 0.6) is 5.75 Å². The highest BCUT2D eigenvalue weighted by Crippen LogP contribution is 2.18. The second kappa shape index (κ2) is 8.60. The number of aryl methyl sites for hydroxylation is 1. The molecule has 5 nitrogen and oxygen atoms in total. The van der Waals surface area contributed by atoms with E-state index in [2.05, 4.69) is 4.98 Å². The topological polar surface area (TPSA) is 89.0 Å². The number of ketones is 1. The molecule has 22 heavy (non-hydrogen) atoms. The minimum atomic E-state index is -0.0492. The van der Waals surface area contributed by atoms with E-state index in [1.165, 1.54) is 24.5 Å². The second-order valence-corrected chi connectivity index (χ2v) is 5.13. The van der Waals surface area contributed by atoms with E-state index in [9.17, 15) is 4.79 Å². The first kappa shape index (κ1) is 17.4. The number of thiazole rings is 1. The molecular weight excluding hydrogens is 298 g/mol. The number of nitrogens with zero attached hydrogens (tertiary/aromatic N) is 2. The van der Waals surface area contributed by atoms with Gasteiger partial charge in [-0.3, -0.25) is 4.79 Å². The van der Waals surface area contributed by atoms with Crippen LogP contribution in [0.1, 0.15) is 23.2 Å². The Morgan fingerprint density at radius 2 is 2.23 bits per heavy atom. The highest BCUT2D eigenvalue weighted by Gasteiger charge is 2.09. The first-order chi connectivity index (χ1) is 10.5. The number of ether oxygens (including phenoxy) is 1. The lowest BCUT2D eigenvalue weighted by atomic mass is 10.2. The number of allylic oxidation sites excluding steroid dienone is 1. The third-order valence-corrected chi connectivity index (χ3v) is 3.59. The summed E-state index contributed by atoms with van der Waals surface area (Å²) in [5.74, 6) is 0.672. The molecule has 0 bridgehead atoms. The van der Waals surface area contributed by atoms with Gasteiger partial charge in [-0.2, -0.15) is 5.26 Å². The van der Waals surface area contributed by atoms with Crippen LogP contribution >= 0.6 is 11.3 Å². The van der Waals surface area contributed by atoms with Gasteiger partial charge in [0.2, 0.25) is 0 Å². The monoisotopic (exact) mass is 315 g/mol. The minimum Gasteiger partial charge on any atom is -0.497 e. The molecule has 0 amide bonds. The Morgan fingerprint density at radius 3 is 2.68 bits per heavy atom. The third-order valence-electron chi connectivity index (χ3n) is 2.59. The molecule has 1 aromatic heterocycles. The second-order valence-electron chi connectivity index (χ2n) is 4.27.